The van der Waals surface area contributed by atoms with Gasteiger partial charge in [-0.3, -0.25) is 0 Å². The first-order valence-electron chi connectivity index (χ1n) is 2.69. The van der Waals surface area contributed by atoms with E-state index < -0.39 is 17.0 Å². The maximum Gasteiger partial charge on any atom is 0.559 e. The molecule has 0 unspecified atom stereocenters. The monoisotopic (exact) mass is 260 g/mol. The number of ether oxygens (including phenoxy) is 1. The lowest BCUT2D eigenvalue weighted by atomic mass is 11.1. The Balaban J connectivity index is -0.000000144. The van der Waals surface area contributed by atoms with E-state index in [4.69, 9.17) is 8.42 Å². The molecule has 0 saturated heterocycles. The third-order valence-electron chi connectivity index (χ3n) is 0.192. The van der Waals surface area contributed by atoms with Gasteiger partial charge in [0.05, 0.1) is 12.5 Å². The highest BCUT2D eigenvalue weighted by molar-refractivity contribution is 7.81. The molecule has 0 bridgehead atoms. The summed E-state index contributed by atoms with van der Waals surface area (Å²) in [6.07, 6.45) is -2.88. The molecular formula is C5H6F6O3S. The van der Waals surface area contributed by atoms with Crippen molar-refractivity contribution in [3.8, 4) is 0 Å². The van der Waals surface area contributed by atoms with Crippen LogP contribution in [0.15, 0.2) is 25.7 Å². The summed E-state index contributed by atoms with van der Waals surface area (Å²) >= 11 is 0. The van der Waals surface area contributed by atoms with Crippen molar-refractivity contribution in [1.29, 1.82) is 0 Å². The average molecular weight is 260 g/mol. The molecule has 0 amide bonds. The van der Waals surface area contributed by atoms with E-state index in [1.54, 1.807) is 0 Å². The summed E-state index contributed by atoms with van der Waals surface area (Å²) in [5, 5.41) is 0. The van der Waals surface area contributed by atoms with Crippen LogP contribution < -0.4 is 0 Å². The smallest absolute Gasteiger partial charge is 0.474 e. The maximum atomic E-state index is 9.99. The summed E-state index contributed by atoms with van der Waals surface area (Å²) in [4.78, 5) is 0. The first kappa shape index (κ1) is 19.4. The van der Waals surface area contributed by atoms with Crippen LogP contribution in [-0.2, 0) is 15.3 Å². The highest BCUT2D eigenvalue weighted by Crippen LogP contribution is 2.13. The van der Waals surface area contributed by atoms with Crippen molar-refractivity contribution in [1.82, 2.24) is 0 Å². The average Bonchev–Trinajstić information content (AvgIpc) is 1.80. The van der Waals surface area contributed by atoms with Gasteiger partial charge in [-0.2, -0.15) is 8.42 Å². The molecule has 0 aromatic rings. The molecule has 0 aliphatic rings. The molecule has 0 aromatic carbocycles. The summed E-state index contributed by atoms with van der Waals surface area (Å²) in [5.41, 5.74) is 0. The van der Waals surface area contributed by atoms with Crippen LogP contribution >= 0.6 is 0 Å². The first-order chi connectivity index (χ1) is 6.41. The standard InChI is InChI=1S/C4H6O.CF4.F2O2S/c1-3-5-4-2;2-1(3,4)5;1-5(2,3)4/h3-4H,1-2H2;;. The highest BCUT2D eigenvalue weighted by atomic mass is 32.3. The number of rotatable bonds is 2. The van der Waals surface area contributed by atoms with Gasteiger partial charge in [-0.25, -0.2) is 0 Å². The number of hydrogen-bond donors (Lipinski definition) is 0. The Hall–Kier alpha value is -1.19. The minimum atomic E-state index is -5.67. The lowest BCUT2D eigenvalue weighted by molar-refractivity contribution is -0.237. The summed E-state index contributed by atoms with van der Waals surface area (Å²) in [7, 11) is -5.67. The van der Waals surface area contributed by atoms with Crippen molar-refractivity contribution in [2.45, 2.75) is 6.43 Å². The topological polar surface area (TPSA) is 43.4 Å². The van der Waals surface area contributed by atoms with Gasteiger partial charge < -0.3 is 4.74 Å². The summed E-state index contributed by atoms with van der Waals surface area (Å²) in [5.74, 6) is 0. The summed E-state index contributed by atoms with van der Waals surface area (Å²) < 4.78 is 79.7. The van der Waals surface area contributed by atoms with E-state index in [1.165, 1.54) is 12.5 Å². The third-order valence-corrected chi connectivity index (χ3v) is 0.192. The second kappa shape index (κ2) is 9.37. The molecule has 0 aliphatic carbocycles. The van der Waals surface area contributed by atoms with E-state index in [9.17, 15) is 25.3 Å². The molecule has 3 nitrogen and oxygen atoms in total. The van der Waals surface area contributed by atoms with Gasteiger partial charge in [0, 0.05) is 0 Å². The molecule has 0 atom stereocenters. The van der Waals surface area contributed by atoms with Crippen molar-refractivity contribution < 1.29 is 38.5 Å². The Morgan fingerprint density at radius 3 is 1.13 bits per heavy atom. The van der Waals surface area contributed by atoms with Gasteiger partial charge in [0.25, 0.3) is 0 Å². The van der Waals surface area contributed by atoms with Gasteiger partial charge >= 0.3 is 17.0 Å². The van der Waals surface area contributed by atoms with Gasteiger partial charge in [-0.05, 0) is 0 Å². The minimum Gasteiger partial charge on any atom is -0.474 e. The molecule has 10 heteroatoms. The Kier molecular flexibility index (Phi) is 12.1. The van der Waals surface area contributed by atoms with Crippen molar-refractivity contribution >= 4 is 10.6 Å². The van der Waals surface area contributed by atoms with E-state index in [0.29, 0.717) is 0 Å². The quantitative estimate of drug-likeness (QED) is 0.435. The normalized spacial score (nSPS) is 9.73. The van der Waals surface area contributed by atoms with Crippen molar-refractivity contribution in [2.24, 2.45) is 0 Å². The zero-order valence-electron chi connectivity index (χ0n) is 6.97. The van der Waals surface area contributed by atoms with Crippen molar-refractivity contribution in [2.75, 3.05) is 0 Å². The van der Waals surface area contributed by atoms with Crippen LogP contribution in [0, 0.1) is 0 Å². The van der Waals surface area contributed by atoms with E-state index in [1.807, 2.05) is 0 Å². The fourth-order valence-corrected chi connectivity index (χ4v) is 0.0680. The lowest BCUT2D eigenvalue weighted by Crippen LogP contribution is -1.92. The molecule has 92 valence electrons. The fraction of sp³-hybridized carbons (Fsp3) is 0.200. The molecule has 0 heterocycles. The van der Waals surface area contributed by atoms with Crippen LogP contribution in [0.3, 0.4) is 0 Å². The Morgan fingerprint density at radius 1 is 1.00 bits per heavy atom. The highest BCUT2D eigenvalue weighted by Gasteiger charge is 2.24. The molecular weight excluding hydrogens is 254 g/mol. The molecule has 0 saturated carbocycles. The lowest BCUT2D eigenvalue weighted by Gasteiger charge is -1.82. The minimum absolute atomic E-state index is 1.31. The van der Waals surface area contributed by atoms with Crippen LogP contribution in [0.4, 0.5) is 25.3 Å². The first-order valence-corrected chi connectivity index (χ1v) is 3.97. The van der Waals surface area contributed by atoms with E-state index in [0.717, 1.165) is 0 Å². The molecule has 15 heavy (non-hydrogen) atoms. The second-order valence-electron chi connectivity index (χ2n) is 1.28. The van der Waals surface area contributed by atoms with Crippen LogP contribution in [0.25, 0.3) is 0 Å². The Labute approximate surface area is 82.2 Å². The van der Waals surface area contributed by atoms with Crippen LogP contribution in [0.2, 0.25) is 0 Å². The van der Waals surface area contributed by atoms with Gasteiger partial charge in [0.2, 0.25) is 0 Å². The summed E-state index contributed by atoms with van der Waals surface area (Å²) in [6.45, 7) is 6.51. The molecule has 0 rings (SSSR count). The molecule has 0 aliphatic heterocycles. The van der Waals surface area contributed by atoms with Crippen LogP contribution in [0.5, 0.6) is 0 Å². The second-order valence-corrected chi connectivity index (χ2v) is 2.03. The molecule has 0 spiro atoms. The largest absolute Gasteiger partial charge is 0.559 e. The number of alkyl halides is 4. The Morgan fingerprint density at radius 2 is 1.13 bits per heavy atom. The number of halogens is 6. The van der Waals surface area contributed by atoms with E-state index >= 15 is 0 Å². The SMILES string of the molecule is C=COC=C.FC(F)(F)F.O=S(=O)(F)F. The Bertz CT molecular complexity index is 236. The predicted octanol–water partition coefficient (Wildman–Crippen LogP) is 2.94. The van der Waals surface area contributed by atoms with Crippen molar-refractivity contribution in [3.05, 3.63) is 25.7 Å². The molecule has 0 aromatic heterocycles. The van der Waals surface area contributed by atoms with Gasteiger partial charge in [-0.1, -0.05) is 20.9 Å². The van der Waals surface area contributed by atoms with E-state index in [2.05, 4.69) is 17.9 Å². The fourth-order valence-electron chi connectivity index (χ4n) is 0.0680. The van der Waals surface area contributed by atoms with E-state index in [-0.39, 0.29) is 0 Å². The zero-order chi connectivity index (χ0) is 13.1. The van der Waals surface area contributed by atoms with Gasteiger partial charge in [-0.15, -0.1) is 17.6 Å². The van der Waals surface area contributed by atoms with Gasteiger partial charge in [0.1, 0.15) is 0 Å². The van der Waals surface area contributed by atoms with Gasteiger partial charge in [0.15, 0.2) is 0 Å². The molecule has 0 N–H and O–H groups in total. The summed E-state index contributed by atoms with van der Waals surface area (Å²) in [6, 6.07) is 0. The number of hydrogen-bond acceptors (Lipinski definition) is 3. The van der Waals surface area contributed by atoms with Crippen LogP contribution in [0.1, 0.15) is 0 Å². The maximum absolute atomic E-state index is 9.99. The zero-order valence-corrected chi connectivity index (χ0v) is 7.79. The van der Waals surface area contributed by atoms with Crippen LogP contribution in [-0.4, -0.2) is 14.8 Å². The third kappa shape index (κ3) is 2280. The molecule has 0 radical (unpaired) electrons. The molecule has 0 fully saturated rings. The van der Waals surface area contributed by atoms with Crippen molar-refractivity contribution in [3.63, 3.8) is 0 Å². The predicted molar refractivity (Wildman–Crippen MR) is 39.8 cm³/mol.